The average molecular weight is 171 g/mol. The van der Waals surface area contributed by atoms with Gasteiger partial charge >= 0.3 is 5.97 Å². The van der Waals surface area contributed by atoms with Crippen LogP contribution in [-0.4, -0.2) is 36.4 Å². The number of aliphatic carboxylic acids is 1. The fourth-order valence-corrected chi connectivity index (χ4v) is 1.22. The second-order valence-corrected chi connectivity index (χ2v) is 2.86. The molecule has 1 heterocycles. The van der Waals surface area contributed by atoms with E-state index >= 15 is 0 Å². The first kappa shape index (κ1) is 9.22. The zero-order valence-corrected chi connectivity index (χ0v) is 6.88. The molecule has 0 amide bonds. The molecule has 1 unspecified atom stereocenters. The molecule has 1 rings (SSSR count). The zero-order chi connectivity index (χ0) is 9.03. The van der Waals surface area contributed by atoms with Crippen LogP contribution in [0.2, 0.25) is 0 Å². The molecule has 1 aliphatic heterocycles. The van der Waals surface area contributed by atoms with Crippen molar-refractivity contribution in [1.82, 2.24) is 5.32 Å². The molecule has 1 fully saturated rings. The van der Waals surface area contributed by atoms with Crippen molar-refractivity contribution >= 4 is 5.97 Å². The summed E-state index contributed by atoms with van der Waals surface area (Å²) in [5.41, 5.74) is -0.881. The van der Waals surface area contributed by atoms with E-state index in [4.69, 9.17) is 9.84 Å². The maximum atomic E-state index is 10.9. The van der Waals surface area contributed by atoms with Crippen LogP contribution in [0.1, 0.15) is 6.42 Å². The van der Waals surface area contributed by atoms with Crippen molar-refractivity contribution < 1.29 is 14.6 Å². The molecule has 0 aliphatic carbocycles. The van der Waals surface area contributed by atoms with Crippen LogP contribution in [0.15, 0.2) is 12.7 Å². The van der Waals surface area contributed by atoms with Crippen LogP contribution in [-0.2, 0) is 9.53 Å². The summed E-state index contributed by atoms with van der Waals surface area (Å²) in [5, 5.41) is 11.8. The van der Waals surface area contributed by atoms with E-state index in [1.807, 2.05) is 0 Å². The minimum Gasteiger partial charge on any atom is -0.480 e. The van der Waals surface area contributed by atoms with E-state index in [0.29, 0.717) is 19.6 Å². The fourth-order valence-electron chi connectivity index (χ4n) is 1.22. The van der Waals surface area contributed by atoms with Crippen molar-refractivity contribution in [2.24, 2.45) is 0 Å². The average Bonchev–Trinajstić information content (AvgIpc) is 2.50. The minimum atomic E-state index is -0.881. The Morgan fingerprint density at radius 3 is 3.00 bits per heavy atom. The van der Waals surface area contributed by atoms with Gasteiger partial charge in [-0.25, -0.2) is 0 Å². The molecule has 0 saturated carbocycles. The standard InChI is InChI=1S/C8H13NO3/c1-2-4-9-8(7(10)11)3-5-12-6-8/h2,9H,1,3-6H2,(H,10,11). The summed E-state index contributed by atoms with van der Waals surface area (Å²) in [6.45, 7) is 4.77. The molecule has 1 atom stereocenters. The third-order valence-electron chi connectivity index (χ3n) is 2.02. The highest BCUT2D eigenvalue weighted by molar-refractivity contribution is 5.79. The van der Waals surface area contributed by atoms with Crippen LogP contribution in [0.25, 0.3) is 0 Å². The van der Waals surface area contributed by atoms with E-state index in [2.05, 4.69) is 11.9 Å². The van der Waals surface area contributed by atoms with Crippen LogP contribution in [0, 0.1) is 0 Å². The number of hydrogen-bond donors (Lipinski definition) is 2. The highest BCUT2D eigenvalue weighted by Crippen LogP contribution is 2.18. The number of ether oxygens (including phenoxy) is 1. The van der Waals surface area contributed by atoms with E-state index in [9.17, 15) is 4.79 Å². The van der Waals surface area contributed by atoms with Gasteiger partial charge in [-0.2, -0.15) is 0 Å². The van der Waals surface area contributed by atoms with Gasteiger partial charge in [0.1, 0.15) is 5.54 Å². The predicted molar refractivity (Wildman–Crippen MR) is 44.0 cm³/mol. The van der Waals surface area contributed by atoms with E-state index in [1.165, 1.54) is 0 Å². The van der Waals surface area contributed by atoms with Crippen molar-refractivity contribution in [2.75, 3.05) is 19.8 Å². The van der Waals surface area contributed by atoms with Gasteiger partial charge in [0.25, 0.3) is 0 Å². The Hall–Kier alpha value is -0.870. The molecule has 2 N–H and O–H groups in total. The van der Waals surface area contributed by atoms with Crippen molar-refractivity contribution in [1.29, 1.82) is 0 Å². The van der Waals surface area contributed by atoms with Gasteiger partial charge in [0.2, 0.25) is 0 Å². The Labute approximate surface area is 71.2 Å². The molecule has 68 valence electrons. The Balaban J connectivity index is 2.58. The van der Waals surface area contributed by atoms with E-state index in [1.54, 1.807) is 6.08 Å². The predicted octanol–water partition coefficient (Wildman–Crippen LogP) is 0.00570. The molecule has 0 aromatic heterocycles. The summed E-state index contributed by atoms with van der Waals surface area (Å²) < 4.78 is 5.04. The van der Waals surface area contributed by atoms with Crippen LogP contribution >= 0.6 is 0 Å². The lowest BCUT2D eigenvalue weighted by atomic mass is 9.99. The molecule has 1 aliphatic rings. The third-order valence-corrected chi connectivity index (χ3v) is 2.02. The van der Waals surface area contributed by atoms with Gasteiger partial charge in [0.05, 0.1) is 6.61 Å². The van der Waals surface area contributed by atoms with Gasteiger partial charge in [-0.05, 0) is 0 Å². The Kier molecular flexibility index (Phi) is 2.83. The molecular weight excluding hydrogens is 158 g/mol. The molecular formula is C8H13NO3. The fraction of sp³-hybridized carbons (Fsp3) is 0.625. The number of carboxylic acids is 1. The normalized spacial score (nSPS) is 28.7. The summed E-state index contributed by atoms with van der Waals surface area (Å²) in [6, 6.07) is 0. The Morgan fingerprint density at radius 2 is 2.58 bits per heavy atom. The van der Waals surface area contributed by atoms with Gasteiger partial charge < -0.3 is 9.84 Å². The SMILES string of the molecule is C=CCNC1(C(=O)O)CCOC1. The van der Waals surface area contributed by atoms with Crippen LogP contribution < -0.4 is 5.32 Å². The van der Waals surface area contributed by atoms with Crippen molar-refractivity contribution in [3.05, 3.63) is 12.7 Å². The lowest BCUT2D eigenvalue weighted by Crippen LogP contribution is -2.52. The number of hydrogen-bond acceptors (Lipinski definition) is 3. The summed E-state index contributed by atoms with van der Waals surface area (Å²) in [4.78, 5) is 10.9. The van der Waals surface area contributed by atoms with Crippen LogP contribution in [0.5, 0.6) is 0 Å². The second kappa shape index (κ2) is 3.69. The maximum Gasteiger partial charge on any atom is 0.326 e. The summed E-state index contributed by atoms with van der Waals surface area (Å²) in [7, 11) is 0. The van der Waals surface area contributed by atoms with Crippen molar-refractivity contribution in [2.45, 2.75) is 12.0 Å². The zero-order valence-electron chi connectivity index (χ0n) is 6.88. The lowest BCUT2D eigenvalue weighted by molar-refractivity contribution is -0.144. The van der Waals surface area contributed by atoms with Gasteiger partial charge in [0, 0.05) is 19.6 Å². The minimum absolute atomic E-state index is 0.246. The molecule has 4 heteroatoms. The first-order valence-electron chi connectivity index (χ1n) is 3.88. The third kappa shape index (κ3) is 1.65. The molecule has 0 bridgehead atoms. The van der Waals surface area contributed by atoms with Crippen LogP contribution in [0.3, 0.4) is 0 Å². The molecule has 4 nitrogen and oxygen atoms in total. The Morgan fingerprint density at radius 1 is 1.83 bits per heavy atom. The molecule has 0 spiro atoms. The second-order valence-electron chi connectivity index (χ2n) is 2.86. The largest absolute Gasteiger partial charge is 0.480 e. The smallest absolute Gasteiger partial charge is 0.326 e. The number of rotatable bonds is 4. The quantitative estimate of drug-likeness (QED) is 0.585. The molecule has 12 heavy (non-hydrogen) atoms. The van der Waals surface area contributed by atoms with E-state index in [-0.39, 0.29) is 6.61 Å². The number of carbonyl (C=O) groups is 1. The number of nitrogens with one attached hydrogen (secondary N) is 1. The maximum absolute atomic E-state index is 10.9. The Bertz CT molecular complexity index is 185. The topological polar surface area (TPSA) is 58.6 Å². The summed E-state index contributed by atoms with van der Waals surface area (Å²) >= 11 is 0. The first-order chi connectivity index (χ1) is 5.71. The molecule has 0 aromatic rings. The lowest BCUT2D eigenvalue weighted by Gasteiger charge is -2.22. The summed E-state index contributed by atoms with van der Waals surface area (Å²) in [5.74, 6) is -0.846. The monoisotopic (exact) mass is 171 g/mol. The van der Waals surface area contributed by atoms with Crippen molar-refractivity contribution in [3.63, 3.8) is 0 Å². The van der Waals surface area contributed by atoms with Crippen LogP contribution in [0.4, 0.5) is 0 Å². The highest BCUT2D eigenvalue weighted by Gasteiger charge is 2.41. The van der Waals surface area contributed by atoms with E-state index in [0.717, 1.165) is 0 Å². The van der Waals surface area contributed by atoms with Gasteiger partial charge in [0.15, 0.2) is 0 Å². The molecule has 0 radical (unpaired) electrons. The molecule has 1 saturated heterocycles. The summed E-state index contributed by atoms with van der Waals surface area (Å²) in [6.07, 6.45) is 2.17. The van der Waals surface area contributed by atoms with Gasteiger partial charge in [-0.3, -0.25) is 10.1 Å². The first-order valence-corrected chi connectivity index (χ1v) is 3.88. The molecule has 0 aromatic carbocycles. The van der Waals surface area contributed by atoms with Gasteiger partial charge in [-0.1, -0.05) is 6.08 Å². The van der Waals surface area contributed by atoms with E-state index < -0.39 is 11.5 Å². The van der Waals surface area contributed by atoms with Gasteiger partial charge in [-0.15, -0.1) is 6.58 Å². The van der Waals surface area contributed by atoms with Crippen molar-refractivity contribution in [3.8, 4) is 0 Å². The number of carboxylic acid groups (broad SMARTS) is 1. The highest BCUT2D eigenvalue weighted by atomic mass is 16.5.